The van der Waals surface area contributed by atoms with E-state index in [0.717, 1.165) is 34.9 Å². The molecule has 2 unspecified atom stereocenters. The number of anilines is 2. The van der Waals surface area contributed by atoms with Crippen LogP contribution in [0.1, 0.15) is 24.8 Å². The van der Waals surface area contributed by atoms with Gasteiger partial charge in [0.1, 0.15) is 0 Å². The van der Waals surface area contributed by atoms with Gasteiger partial charge in [-0.1, -0.05) is 35.9 Å². The molecule has 0 bridgehead atoms. The first-order valence-electron chi connectivity index (χ1n) is 7.96. The molecule has 1 aliphatic rings. The summed E-state index contributed by atoms with van der Waals surface area (Å²) in [5.74, 6) is 0.332. The summed E-state index contributed by atoms with van der Waals surface area (Å²) in [5.41, 5.74) is 3.02. The maximum absolute atomic E-state index is 12.5. The minimum Gasteiger partial charge on any atom is -0.375 e. The lowest BCUT2D eigenvalue weighted by atomic mass is 10.1. The molecule has 4 heteroatoms. The number of halogens is 1. The van der Waals surface area contributed by atoms with E-state index in [1.165, 1.54) is 0 Å². The number of nitrogens with zero attached hydrogens (tertiary/aromatic N) is 1. The molecule has 0 saturated heterocycles. The van der Waals surface area contributed by atoms with Crippen LogP contribution in [0.2, 0.25) is 5.02 Å². The van der Waals surface area contributed by atoms with E-state index in [4.69, 9.17) is 11.6 Å². The summed E-state index contributed by atoms with van der Waals surface area (Å²) in [5, 5.41) is 3.78. The molecule has 1 saturated carbocycles. The topological polar surface area (TPSA) is 32.3 Å². The highest BCUT2D eigenvalue weighted by molar-refractivity contribution is 6.31. The van der Waals surface area contributed by atoms with Crippen LogP contribution >= 0.6 is 11.6 Å². The molecule has 3 nitrogen and oxygen atoms in total. The van der Waals surface area contributed by atoms with Crippen molar-refractivity contribution in [1.82, 2.24) is 0 Å². The van der Waals surface area contributed by atoms with Crippen molar-refractivity contribution in [3.63, 3.8) is 0 Å². The van der Waals surface area contributed by atoms with Crippen LogP contribution in [-0.4, -0.2) is 19.5 Å². The highest BCUT2D eigenvalue weighted by Crippen LogP contribution is 2.50. The second kappa shape index (κ2) is 6.63. The van der Waals surface area contributed by atoms with Crippen LogP contribution in [0.3, 0.4) is 0 Å². The van der Waals surface area contributed by atoms with Gasteiger partial charge in [0.05, 0.1) is 0 Å². The lowest BCUT2D eigenvalue weighted by Gasteiger charge is -2.17. The number of hydrogen-bond donors (Lipinski definition) is 1. The molecule has 3 rings (SSSR count). The summed E-state index contributed by atoms with van der Waals surface area (Å²) >= 11 is 6.22. The van der Waals surface area contributed by atoms with Gasteiger partial charge in [0.25, 0.3) is 0 Å². The molecule has 1 N–H and O–H groups in total. The van der Waals surface area contributed by atoms with Crippen LogP contribution in [0.15, 0.2) is 48.5 Å². The average Bonchev–Trinajstić information content (AvgIpc) is 3.35. The van der Waals surface area contributed by atoms with Gasteiger partial charge in [-0.3, -0.25) is 4.79 Å². The minimum atomic E-state index is 0.0162. The number of rotatable bonds is 5. The molecule has 23 heavy (non-hydrogen) atoms. The van der Waals surface area contributed by atoms with E-state index in [0.29, 0.717) is 0 Å². The number of hydrogen-bond acceptors (Lipinski definition) is 2. The number of carbonyl (C=O) groups excluding carboxylic acids is 1. The lowest BCUT2D eigenvalue weighted by Crippen LogP contribution is -2.17. The van der Waals surface area contributed by atoms with Crippen molar-refractivity contribution in [1.29, 1.82) is 0 Å². The van der Waals surface area contributed by atoms with Gasteiger partial charge in [-0.15, -0.1) is 0 Å². The van der Waals surface area contributed by atoms with Crippen molar-refractivity contribution in [2.45, 2.75) is 19.3 Å². The molecule has 2 aromatic rings. The zero-order chi connectivity index (χ0) is 16.4. The molecule has 0 heterocycles. The monoisotopic (exact) mass is 328 g/mol. The zero-order valence-electron chi connectivity index (χ0n) is 13.4. The molecule has 1 aliphatic carbocycles. The smallest absolute Gasteiger partial charge is 0.228 e. The van der Waals surface area contributed by atoms with Gasteiger partial charge in [0, 0.05) is 35.9 Å². The Morgan fingerprint density at radius 2 is 2.04 bits per heavy atom. The van der Waals surface area contributed by atoms with E-state index in [9.17, 15) is 4.79 Å². The Hall–Kier alpha value is -2.00. The summed E-state index contributed by atoms with van der Waals surface area (Å²) in [4.78, 5) is 14.6. The highest BCUT2D eigenvalue weighted by atomic mass is 35.5. The van der Waals surface area contributed by atoms with Crippen molar-refractivity contribution in [3.8, 4) is 0 Å². The number of nitrogens with one attached hydrogen (secondary N) is 1. The van der Waals surface area contributed by atoms with Crippen molar-refractivity contribution >= 4 is 28.9 Å². The van der Waals surface area contributed by atoms with E-state index in [-0.39, 0.29) is 17.7 Å². The van der Waals surface area contributed by atoms with Gasteiger partial charge in [-0.05, 0) is 49.1 Å². The van der Waals surface area contributed by atoms with Crippen molar-refractivity contribution in [2.24, 2.45) is 5.92 Å². The Labute approximate surface area is 142 Å². The van der Waals surface area contributed by atoms with E-state index >= 15 is 0 Å². The van der Waals surface area contributed by atoms with Gasteiger partial charge in [0.2, 0.25) is 5.91 Å². The van der Waals surface area contributed by atoms with Crippen LogP contribution in [0.5, 0.6) is 0 Å². The van der Waals surface area contributed by atoms with E-state index < -0.39 is 0 Å². The molecular formula is C19H21ClN2O. The third kappa shape index (κ3) is 3.50. The summed E-state index contributed by atoms with van der Waals surface area (Å²) in [6, 6.07) is 15.7. The fourth-order valence-electron chi connectivity index (χ4n) is 2.84. The highest BCUT2D eigenvalue weighted by Gasteiger charge is 2.44. The van der Waals surface area contributed by atoms with Crippen molar-refractivity contribution in [2.75, 3.05) is 23.8 Å². The molecule has 120 valence electrons. The maximum Gasteiger partial charge on any atom is 0.228 e. The molecule has 1 fully saturated rings. The van der Waals surface area contributed by atoms with Crippen molar-refractivity contribution in [3.05, 3.63) is 59.1 Å². The molecule has 0 aromatic heterocycles. The lowest BCUT2D eigenvalue weighted by molar-refractivity contribution is -0.117. The first-order chi connectivity index (χ1) is 11.1. The summed E-state index contributed by atoms with van der Waals surface area (Å²) in [6.45, 7) is 3.03. The first-order valence-corrected chi connectivity index (χ1v) is 8.34. The Kier molecular flexibility index (Phi) is 4.58. The molecule has 0 aliphatic heterocycles. The van der Waals surface area contributed by atoms with E-state index in [1.807, 2.05) is 55.6 Å². The summed E-state index contributed by atoms with van der Waals surface area (Å²) in [6.07, 6.45) is 0.865. The zero-order valence-corrected chi connectivity index (χ0v) is 14.2. The molecular weight excluding hydrogens is 308 g/mol. The molecule has 1 amide bonds. The third-order valence-electron chi connectivity index (χ3n) is 4.46. The van der Waals surface area contributed by atoms with Crippen LogP contribution in [0, 0.1) is 5.92 Å². The van der Waals surface area contributed by atoms with Gasteiger partial charge in [-0.25, -0.2) is 0 Å². The van der Waals surface area contributed by atoms with Crippen LogP contribution in [-0.2, 0) is 4.79 Å². The van der Waals surface area contributed by atoms with E-state index in [2.05, 4.69) is 17.1 Å². The predicted octanol–water partition coefficient (Wildman–Crippen LogP) is 4.54. The van der Waals surface area contributed by atoms with Gasteiger partial charge in [0.15, 0.2) is 0 Å². The van der Waals surface area contributed by atoms with Gasteiger partial charge >= 0.3 is 0 Å². The van der Waals surface area contributed by atoms with Crippen LogP contribution in [0.4, 0.5) is 11.4 Å². The fourth-order valence-corrected chi connectivity index (χ4v) is 3.12. The Balaban J connectivity index is 1.66. The SMILES string of the molecule is CCN(C)c1cccc(NC(=O)C2CC2c2ccccc2Cl)c1. The molecule has 0 radical (unpaired) electrons. The van der Waals surface area contributed by atoms with Crippen LogP contribution in [0.25, 0.3) is 0 Å². The Bertz CT molecular complexity index is 716. The second-order valence-electron chi connectivity index (χ2n) is 6.02. The number of carbonyl (C=O) groups is 1. The third-order valence-corrected chi connectivity index (χ3v) is 4.80. The Morgan fingerprint density at radius 1 is 1.26 bits per heavy atom. The van der Waals surface area contributed by atoms with E-state index in [1.54, 1.807) is 0 Å². The number of amides is 1. The normalized spacial score (nSPS) is 19.3. The summed E-state index contributed by atoms with van der Waals surface area (Å²) in [7, 11) is 2.04. The second-order valence-corrected chi connectivity index (χ2v) is 6.43. The molecule has 2 aromatic carbocycles. The molecule has 0 spiro atoms. The largest absolute Gasteiger partial charge is 0.375 e. The van der Waals surface area contributed by atoms with Crippen molar-refractivity contribution < 1.29 is 4.79 Å². The standard InChI is InChI=1S/C19H21ClN2O/c1-3-22(2)14-8-6-7-13(11-14)21-19(23)17-12-16(17)15-9-4-5-10-18(15)20/h4-11,16-17H,3,12H2,1-2H3,(H,21,23). The minimum absolute atomic E-state index is 0.0162. The first kappa shape index (κ1) is 15.9. The van der Waals surface area contributed by atoms with Gasteiger partial charge < -0.3 is 10.2 Å². The number of benzene rings is 2. The molecule has 2 atom stereocenters. The maximum atomic E-state index is 12.5. The van der Waals surface area contributed by atoms with Gasteiger partial charge in [-0.2, -0.15) is 0 Å². The quantitative estimate of drug-likeness (QED) is 0.874. The average molecular weight is 329 g/mol. The summed E-state index contributed by atoms with van der Waals surface area (Å²) < 4.78 is 0. The van der Waals surface area contributed by atoms with Crippen LogP contribution < -0.4 is 10.2 Å². The fraction of sp³-hybridized carbons (Fsp3) is 0.316. The Morgan fingerprint density at radius 3 is 2.78 bits per heavy atom. The predicted molar refractivity (Wildman–Crippen MR) is 96.3 cm³/mol.